The Balaban J connectivity index is 1.85. The van der Waals surface area contributed by atoms with Crippen LogP contribution in [-0.2, 0) is 11.3 Å². The summed E-state index contributed by atoms with van der Waals surface area (Å²) in [4.78, 5) is 11.9. The standard InChI is InChI=1S/C14H18F2N2O2/c15-14(16)20-12-3-1-2-9(6-12)8-18-13(19)10-4-5-11(17)7-10/h1-3,6,10-11,14H,4-5,7-8,17H2,(H,18,19). The Hall–Kier alpha value is -1.69. The van der Waals surface area contributed by atoms with Crippen molar-refractivity contribution in [3.8, 4) is 5.75 Å². The molecule has 1 aromatic carbocycles. The number of hydrogen-bond donors (Lipinski definition) is 2. The van der Waals surface area contributed by atoms with E-state index in [1.807, 2.05) is 0 Å². The summed E-state index contributed by atoms with van der Waals surface area (Å²) < 4.78 is 28.5. The van der Waals surface area contributed by atoms with Gasteiger partial charge in [0.15, 0.2) is 0 Å². The summed E-state index contributed by atoms with van der Waals surface area (Å²) in [5, 5.41) is 2.80. The van der Waals surface area contributed by atoms with Crippen LogP contribution in [0.1, 0.15) is 24.8 Å². The van der Waals surface area contributed by atoms with E-state index in [1.165, 1.54) is 12.1 Å². The van der Waals surface area contributed by atoms with Crippen LogP contribution >= 0.6 is 0 Å². The van der Waals surface area contributed by atoms with E-state index >= 15 is 0 Å². The van der Waals surface area contributed by atoms with Crippen molar-refractivity contribution in [2.75, 3.05) is 0 Å². The number of carbonyl (C=O) groups excluding carboxylic acids is 1. The SMILES string of the molecule is NC1CCC(C(=O)NCc2cccc(OC(F)F)c2)C1. The summed E-state index contributed by atoms with van der Waals surface area (Å²) in [5.41, 5.74) is 6.49. The van der Waals surface area contributed by atoms with Crippen molar-refractivity contribution in [1.29, 1.82) is 0 Å². The highest BCUT2D eigenvalue weighted by molar-refractivity contribution is 5.79. The first kappa shape index (κ1) is 14.7. The maximum Gasteiger partial charge on any atom is 0.387 e. The van der Waals surface area contributed by atoms with Gasteiger partial charge in [0.1, 0.15) is 5.75 Å². The Bertz CT molecular complexity index is 468. The van der Waals surface area contributed by atoms with E-state index in [1.54, 1.807) is 12.1 Å². The highest BCUT2D eigenvalue weighted by Crippen LogP contribution is 2.24. The number of nitrogens with two attached hydrogens (primary N) is 1. The second-order valence-electron chi connectivity index (χ2n) is 5.01. The van der Waals surface area contributed by atoms with Crippen molar-refractivity contribution < 1.29 is 18.3 Å². The highest BCUT2D eigenvalue weighted by Gasteiger charge is 2.27. The lowest BCUT2D eigenvalue weighted by Gasteiger charge is -2.11. The van der Waals surface area contributed by atoms with Crippen molar-refractivity contribution in [2.24, 2.45) is 11.7 Å². The molecule has 0 radical (unpaired) electrons. The van der Waals surface area contributed by atoms with Crippen molar-refractivity contribution in [3.63, 3.8) is 0 Å². The third kappa shape index (κ3) is 4.16. The van der Waals surface area contributed by atoms with Gasteiger partial charge in [-0.25, -0.2) is 0 Å². The molecule has 0 saturated heterocycles. The van der Waals surface area contributed by atoms with Crippen LogP contribution in [0.15, 0.2) is 24.3 Å². The van der Waals surface area contributed by atoms with E-state index in [2.05, 4.69) is 10.1 Å². The number of rotatable bonds is 5. The second-order valence-corrected chi connectivity index (χ2v) is 5.01. The highest BCUT2D eigenvalue weighted by atomic mass is 19.3. The molecule has 1 saturated carbocycles. The predicted octanol–water partition coefficient (Wildman–Crippen LogP) is 2.03. The van der Waals surface area contributed by atoms with Crippen LogP contribution in [-0.4, -0.2) is 18.6 Å². The number of ether oxygens (including phenoxy) is 1. The third-order valence-corrected chi connectivity index (χ3v) is 3.43. The fourth-order valence-corrected chi connectivity index (χ4v) is 2.42. The molecule has 0 aromatic heterocycles. The Morgan fingerprint density at radius 3 is 2.90 bits per heavy atom. The molecule has 2 atom stereocenters. The number of nitrogens with one attached hydrogen (secondary N) is 1. The Morgan fingerprint density at radius 2 is 2.25 bits per heavy atom. The molecule has 0 spiro atoms. The Kier molecular flexibility index (Phi) is 4.89. The summed E-state index contributed by atoms with van der Waals surface area (Å²) in [5.74, 6) is 0.0262. The first-order chi connectivity index (χ1) is 9.54. The minimum Gasteiger partial charge on any atom is -0.435 e. The van der Waals surface area contributed by atoms with Gasteiger partial charge < -0.3 is 15.8 Å². The van der Waals surface area contributed by atoms with Crippen LogP contribution in [0.25, 0.3) is 0 Å². The molecule has 1 amide bonds. The second kappa shape index (κ2) is 6.65. The maximum absolute atomic E-state index is 12.1. The van der Waals surface area contributed by atoms with E-state index in [-0.39, 0.29) is 23.6 Å². The van der Waals surface area contributed by atoms with E-state index in [0.717, 1.165) is 18.4 Å². The molecule has 4 nitrogen and oxygen atoms in total. The molecule has 110 valence electrons. The monoisotopic (exact) mass is 284 g/mol. The summed E-state index contributed by atoms with van der Waals surface area (Å²) in [6.07, 6.45) is 2.39. The molecule has 1 aliphatic rings. The van der Waals surface area contributed by atoms with Crippen LogP contribution in [0, 0.1) is 5.92 Å². The van der Waals surface area contributed by atoms with E-state index in [4.69, 9.17) is 5.73 Å². The summed E-state index contributed by atoms with van der Waals surface area (Å²) in [7, 11) is 0. The maximum atomic E-state index is 12.1. The van der Waals surface area contributed by atoms with Gasteiger partial charge >= 0.3 is 6.61 Å². The zero-order valence-corrected chi connectivity index (χ0v) is 11.0. The molecular formula is C14H18F2N2O2. The molecule has 6 heteroatoms. The first-order valence-electron chi connectivity index (χ1n) is 6.61. The lowest BCUT2D eigenvalue weighted by atomic mass is 10.1. The molecule has 20 heavy (non-hydrogen) atoms. The van der Waals surface area contributed by atoms with Crippen molar-refractivity contribution >= 4 is 5.91 Å². The number of benzene rings is 1. The fourth-order valence-electron chi connectivity index (χ4n) is 2.42. The van der Waals surface area contributed by atoms with Gasteiger partial charge in [0.2, 0.25) is 5.91 Å². The van der Waals surface area contributed by atoms with Crippen molar-refractivity contribution in [1.82, 2.24) is 5.32 Å². The molecule has 3 N–H and O–H groups in total. The predicted molar refractivity (Wildman–Crippen MR) is 70.2 cm³/mol. The van der Waals surface area contributed by atoms with Crippen LogP contribution in [0.4, 0.5) is 8.78 Å². The average molecular weight is 284 g/mol. The lowest BCUT2D eigenvalue weighted by Crippen LogP contribution is -2.30. The van der Waals surface area contributed by atoms with Gasteiger partial charge in [-0.15, -0.1) is 0 Å². The number of amides is 1. The largest absolute Gasteiger partial charge is 0.435 e. The van der Waals surface area contributed by atoms with Crippen molar-refractivity contribution in [2.45, 2.75) is 38.5 Å². The summed E-state index contributed by atoms with van der Waals surface area (Å²) >= 11 is 0. The summed E-state index contributed by atoms with van der Waals surface area (Å²) in [6.45, 7) is -2.55. The average Bonchev–Trinajstić information content (AvgIpc) is 2.82. The quantitative estimate of drug-likeness (QED) is 0.869. The van der Waals surface area contributed by atoms with E-state index in [9.17, 15) is 13.6 Å². The van der Waals surface area contributed by atoms with Crippen LogP contribution < -0.4 is 15.8 Å². The van der Waals surface area contributed by atoms with E-state index in [0.29, 0.717) is 13.0 Å². The minimum absolute atomic E-state index is 0.0295. The van der Waals surface area contributed by atoms with Gasteiger partial charge in [0.25, 0.3) is 0 Å². The molecule has 2 rings (SSSR count). The molecule has 2 unspecified atom stereocenters. The fraction of sp³-hybridized carbons (Fsp3) is 0.500. The smallest absolute Gasteiger partial charge is 0.387 e. The Labute approximate surface area is 116 Å². The summed E-state index contributed by atoms with van der Waals surface area (Å²) in [6, 6.07) is 6.41. The molecule has 0 bridgehead atoms. The Morgan fingerprint density at radius 1 is 1.45 bits per heavy atom. The number of halogens is 2. The molecule has 1 aliphatic carbocycles. The lowest BCUT2D eigenvalue weighted by molar-refractivity contribution is -0.125. The minimum atomic E-state index is -2.85. The van der Waals surface area contributed by atoms with Gasteiger partial charge in [-0.2, -0.15) is 8.78 Å². The van der Waals surface area contributed by atoms with Gasteiger partial charge in [-0.05, 0) is 37.0 Å². The van der Waals surface area contributed by atoms with Gasteiger partial charge in [0.05, 0.1) is 0 Å². The molecule has 1 aromatic rings. The zero-order chi connectivity index (χ0) is 14.5. The van der Waals surface area contributed by atoms with E-state index < -0.39 is 6.61 Å². The number of carbonyl (C=O) groups is 1. The topological polar surface area (TPSA) is 64.4 Å². The number of alkyl halides is 2. The van der Waals surface area contributed by atoms with Gasteiger partial charge in [0, 0.05) is 18.5 Å². The molecule has 0 heterocycles. The number of hydrogen-bond acceptors (Lipinski definition) is 3. The normalized spacial score (nSPS) is 22.0. The first-order valence-corrected chi connectivity index (χ1v) is 6.61. The van der Waals surface area contributed by atoms with Crippen LogP contribution in [0.5, 0.6) is 5.75 Å². The third-order valence-electron chi connectivity index (χ3n) is 3.43. The van der Waals surface area contributed by atoms with Gasteiger partial charge in [-0.3, -0.25) is 4.79 Å². The van der Waals surface area contributed by atoms with Gasteiger partial charge in [-0.1, -0.05) is 12.1 Å². The van der Waals surface area contributed by atoms with Crippen molar-refractivity contribution in [3.05, 3.63) is 29.8 Å². The van der Waals surface area contributed by atoms with Crippen LogP contribution in [0.2, 0.25) is 0 Å². The molecular weight excluding hydrogens is 266 g/mol. The molecule has 1 fully saturated rings. The molecule has 0 aliphatic heterocycles. The van der Waals surface area contributed by atoms with Crippen LogP contribution in [0.3, 0.4) is 0 Å². The zero-order valence-electron chi connectivity index (χ0n) is 11.0.